The van der Waals surface area contributed by atoms with Gasteiger partial charge in [0.15, 0.2) is 0 Å². The second-order valence-corrected chi connectivity index (χ2v) is 4.13. The molecule has 0 aromatic carbocycles. The van der Waals surface area contributed by atoms with Gasteiger partial charge in [0.2, 0.25) is 5.91 Å². The van der Waals surface area contributed by atoms with E-state index in [-0.39, 0.29) is 5.91 Å². The fraction of sp³-hybridized carbons (Fsp3) is 0.500. The van der Waals surface area contributed by atoms with E-state index in [0.29, 0.717) is 6.54 Å². The quantitative estimate of drug-likeness (QED) is 0.794. The number of hydrogen-bond donors (Lipinski definition) is 2. The van der Waals surface area contributed by atoms with Crippen molar-refractivity contribution in [3.8, 4) is 0 Å². The maximum absolute atomic E-state index is 11.2. The Bertz CT molecular complexity index is 394. The number of hydrogen-bond acceptors (Lipinski definition) is 4. The Morgan fingerprint density at radius 1 is 1.59 bits per heavy atom. The smallest absolute Gasteiger partial charge is 0.234 e. The number of nitrogens with one attached hydrogen (secondary N) is 2. The Kier molecular flexibility index (Phi) is 3.93. The Labute approximate surface area is 101 Å². The molecule has 2 N–H and O–H groups in total. The van der Waals surface area contributed by atoms with E-state index in [1.54, 1.807) is 6.20 Å². The van der Waals surface area contributed by atoms with Crippen molar-refractivity contribution in [3.63, 3.8) is 0 Å². The van der Waals surface area contributed by atoms with Gasteiger partial charge in [-0.05, 0) is 19.1 Å². The minimum absolute atomic E-state index is 0.0964. The third-order valence-electron chi connectivity index (χ3n) is 2.70. The minimum atomic E-state index is 0.0964. The minimum Gasteiger partial charge on any atom is -0.385 e. The van der Waals surface area contributed by atoms with Crippen LogP contribution in [0.4, 0.5) is 5.69 Å². The van der Waals surface area contributed by atoms with Crippen LogP contribution in [0.25, 0.3) is 0 Å². The van der Waals surface area contributed by atoms with E-state index < -0.39 is 0 Å². The van der Waals surface area contributed by atoms with Crippen molar-refractivity contribution in [3.05, 3.63) is 24.0 Å². The number of amides is 1. The monoisotopic (exact) mass is 234 g/mol. The van der Waals surface area contributed by atoms with Crippen molar-refractivity contribution in [2.24, 2.45) is 0 Å². The van der Waals surface area contributed by atoms with Crippen LogP contribution in [0.15, 0.2) is 18.3 Å². The third-order valence-corrected chi connectivity index (χ3v) is 2.70. The molecule has 5 heteroatoms. The lowest BCUT2D eigenvalue weighted by molar-refractivity contribution is -0.124. The van der Waals surface area contributed by atoms with Crippen molar-refractivity contribution in [1.82, 2.24) is 15.2 Å². The van der Waals surface area contributed by atoms with Crippen LogP contribution in [-0.4, -0.2) is 42.0 Å². The SMILES string of the molecule is CCNc1ccnc(CN2CCNC(=O)C2)c1. The van der Waals surface area contributed by atoms with Crippen LogP contribution in [0, 0.1) is 0 Å². The van der Waals surface area contributed by atoms with Crippen molar-refractivity contribution in [1.29, 1.82) is 0 Å². The Hall–Kier alpha value is -1.62. The predicted molar refractivity (Wildman–Crippen MR) is 66.7 cm³/mol. The van der Waals surface area contributed by atoms with Crippen LogP contribution in [0.3, 0.4) is 0 Å². The molecule has 5 nitrogen and oxygen atoms in total. The molecule has 1 fully saturated rings. The number of pyridine rings is 1. The van der Waals surface area contributed by atoms with E-state index in [2.05, 4.69) is 27.4 Å². The van der Waals surface area contributed by atoms with Crippen molar-refractivity contribution in [2.45, 2.75) is 13.5 Å². The number of nitrogens with zero attached hydrogens (tertiary/aromatic N) is 2. The zero-order valence-corrected chi connectivity index (χ0v) is 10.1. The van der Waals surface area contributed by atoms with Gasteiger partial charge in [0.25, 0.3) is 0 Å². The molecule has 0 radical (unpaired) electrons. The predicted octanol–water partition coefficient (Wildman–Crippen LogP) is 0.445. The molecule has 2 rings (SSSR count). The average Bonchev–Trinajstić information content (AvgIpc) is 2.30. The zero-order valence-electron chi connectivity index (χ0n) is 10.1. The number of anilines is 1. The molecule has 1 aliphatic heterocycles. The van der Waals surface area contributed by atoms with Gasteiger partial charge in [-0.1, -0.05) is 0 Å². The molecule has 1 aromatic heterocycles. The van der Waals surface area contributed by atoms with Gasteiger partial charge >= 0.3 is 0 Å². The van der Waals surface area contributed by atoms with E-state index in [0.717, 1.165) is 37.6 Å². The number of carbonyl (C=O) groups excluding carboxylic acids is 1. The van der Waals surface area contributed by atoms with Gasteiger partial charge in [-0.3, -0.25) is 14.7 Å². The molecule has 1 aromatic rings. The van der Waals surface area contributed by atoms with Gasteiger partial charge < -0.3 is 10.6 Å². The highest BCUT2D eigenvalue weighted by Crippen LogP contribution is 2.10. The molecular formula is C12H18N4O. The van der Waals surface area contributed by atoms with Crippen LogP contribution < -0.4 is 10.6 Å². The maximum atomic E-state index is 11.2. The first-order valence-electron chi connectivity index (χ1n) is 5.96. The Morgan fingerprint density at radius 2 is 2.47 bits per heavy atom. The van der Waals surface area contributed by atoms with Crippen molar-refractivity contribution in [2.75, 3.05) is 31.5 Å². The summed E-state index contributed by atoms with van der Waals surface area (Å²) in [7, 11) is 0. The number of rotatable bonds is 4. The van der Waals surface area contributed by atoms with Gasteiger partial charge in [0.05, 0.1) is 12.2 Å². The average molecular weight is 234 g/mol. The lowest BCUT2D eigenvalue weighted by atomic mass is 10.2. The highest BCUT2D eigenvalue weighted by atomic mass is 16.2. The van der Waals surface area contributed by atoms with Gasteiger partial charge in [0.1, 0.15) is 0 Å². The molecule has 92 valence electrons. The molecule has 0 spiro atoms. The zero-order chi connectivity index (χ0) is 12.1. The third kappa shape index (κ3) is 3.42. The second-order valence-electron chi connectivity index (χ2n) is 4.13. The molecule has 0 bridgehead atoms. The fourth-order valence-electron chi connectivity index (χ4n) is 1.93. The summed E-state index contributed by atoms with van der Waals surface area (Å²) in [6, 6.07) is 3.99. The molecule has 2 heterocycles. The van der Waals surface area contributed by atoms with E-state index in [4.69, 9.17) is 0 Å². The molecule has 0 aliphatic carbocycles. The highest BCUT2D eigenvalue weighted by molar-refractivity contribution is 5.78. The second kappa shape index (κ2) is 5.63. The summed E-state index contributed by atoms with van der Waals surface area (Å²) >= 11 is 0. The maximum Gasteiger partial charge on any atom is 0.234 e. The highest BCUT2D eigenvalue weighted by Gasteiger charge is 2.16. The van der Waals surface area contributed by atoms with E-state index >= 15 is 0 Å². The molecule has 0 saturated carbocycles. The normalized spacial score (nSPS) is 16.6. The summed E-state index contributed by atoms with van der Waals surface area (Å²) < 4.78 is 0. The summed E-state index contributed by atoms with van der Waals surface area (Å²) in [5.74, 6) is 0.0964. The summed E-state index contributed by atoms with van der Waals surface area (Å²) in [4.78, 5) is 17.7. The molecule has 17 heavy (non-hydrogen) atoms. The van der Waals surface area contributed by atoms with Crippen LogP contribution >= 0.6 is 0 Å². The number of carbonyl (C=O) groups is 1. The molecule has 1 saturated heterocycles. The number of piperazine rings is 1. The molecule has 1 amide bonds. The lowest BCUT2D eigenvalue weighted by Crippen LogP contribution is -2.47. The van der Waals surface area contributed by atoms with Gasteiger partial charge in [-0.15, -0.1) is 0 Å². The standard InChI is InChI=1S/C12H18N4O/c1-2-13-10-3-4-14-11(7-10)8-16-6-5-15-12(17)9-16/h3-4,7H,2,5-6,8-9H2,1H3,(H,13,14)(H,15,17). The largest absolute Gasteiger partial charge is 0.385 e. The molecule has 0 atom stereocenters. The van der Waals surface area contributed by atoms with E-state index in [1.807, 2.05) is 12.1 Å². The van der Waals surface area contributed by atoms with Gasteiger partial charge in [0, 0.05) is 38.1 Å². The molecule has 1 aliphatic rings. The summed E-state index contributed by atoms with van der Waals surface area (Å²) in [6.45, 7) is 5.77. The van der Waals surface area contributed by atoms with Crippen LogP contribution in [0.2, 0.25) is 0 Å². The first-order chi connectivity index (χ1) is 8.28. The number of aromatic nitrogens is 1. The first kappa shape index (κ1) is 11.9. The van der Waals surface area contributed by atoms with Crippen molar-refractivity contribution >= 4 is 11.6 Å². The van der Waals surface area contributed by atoms with Crippen molar-refractivity contribution < 1.29 is 4.79 Å². The Morgan fingerprint density at radius 3 is 3.24 bits per heavy atom. The van der Waals surface area contributed by atoms with Crippen LogP contribution in [0.5, 0.6) is 0 Å². The van der Waals surface area contributed by atoms with Crippen LogP contribution in [-0.2, 0) is 11.3 Å². The van der Waals surface area contributed by atoms with Gasteiger partial charge in [-0.25, -0.2) is 0 Å². The summed E-state index contributed by atoms with van der Waals surface area (Å²) in [5, 5.41) is 6.07. The molecule has 0 unspecified atom stereocenters. The van der Waals surface area contributed by atoms with E-state index in [9.17, 15) is 4.79 Å². The first-order valence-corrected chi connectivity index (χ1v) is 5.96. The summed E-state index contributed by atoms with van der Waals surface area (Å²) in [5.41, 5.74) is 2.08. The topological polar surface area (TPSA) is 57.3 Å². The fourth-order valence-corrected chi connectivity index (χ4v) is 1.93. The van der Waals surface area contributed by atoms with Crippen LogP contribution in [0.1, 0.15) is 12.6 Å². The van der Waals surface area contributed by atoms with E-state index in [1.165, 1.54) is 0 Å². The van der Waals surface area contributed by atoms with Gasteiger partial charge in [-0.2, -0.15) is 0 Å². The summed E-state index contributed by atoms with van der Waals surface area (Å²) in [6.07, 6.45) is 1.80. The molecular weight excluding hydrogens is 216 g/mol. The Balaban J connectivity index is 1.97. The lowest BCUT2D eigenvalue weighted by Gasteiger charge is -2.26.